The molecule has 2 saturated heterocycles. The molecular formula is C20H25N3O3S. The number of carbonyl (C=O) groups is 2. The van der Waals surface area contributed by atoms with Crippen LogP contribution in [0.3, 0.4) is 0 Å². The van der Waals surface area contributed by atoms with E-state index in [0.29, 0.717) is 19.6 Å². The van der Waals surface area contributed by atoms with Gasteiger partial charge in [0.15, 0.2) is 0 Å². The Morgan fingerprint density at radius 1 is 1.33 bits per heavy atom. The molecule has 1 spiro atoms. The first kappa shape index (κ1) is 18.4. The third-order valence-electron chi connectivity index (χ3n) is 5.84. The number of carbonyl (C=O) groups excluding carboxylic acids is 2. The number of hydrogen-bond acceptors (Lipinski definition) is 5. The van der Waals surface area contributed by atoms with Crippen molar-refractivity contribution in [2.24, 2.45) is 5.41 Å². The number of hydrogen-bond donors (Lipinski definition) is 0. The molecule has 2 aliphatic heterocycles. The lowest BCUT2D eigenvalue weighted by Gasteiger charge is -2.48. The highest BCUT2D eigenvalue weighted by atomic mass is 32.1. The van der Waals surface area contributed by atoms with Gasteiger partial charge in [0.2, 0.25) is 5.91 Å². The second kappa shape index (κ2) is 7.56. The van der Waals surface area contributed by atoms with E-state index in [1.165, 1.54) is 0 Å². The third kappa shape index (κ3) is 3.71. The smallest absolute Gasteiger partial charge is 0.253 e. The second-order valence-corrected chi connectivity index (χ2v) is 8.56. The molecule has 4 rings (SSSR count). The zero-order valence-electron chi connectivity index (χ0n) is 15.6. The van der Waals surface area contributed by atoms with Crippen LogP contribution in [0.25, 0.3) is 10.2 Å². The van der Waals surface area contributed by atoms with Crippen LogP contribution < -0.4 is 0 Å². The fourth-order valence-corrected chi connectivity index (χ4v) is 5.11. The molecule has 0 N–H and O–H groups in total. The van der Waals surface area contributed by atoms with Crippen LogP contribution >= 0.6 is 11.3 Å². The van der Waals surface area contributed by atoms with E-state index >= 15 is 0 Å². The second-order valence-electron chi connectivity index (χ2n) is 7.67. The molecule has 144 valence electrons. The molecule has 1 aromatic heterocycles. The van der Waals surface area contributed by atoms with Crippen molar-refractivity contribution in [1.29, 1.82) is 0 Å². The van der Waals surface area contributed by atoms with Gasteiger partial charge in [-0.05, 0) is 37.5 Å². The summed E-state index contributed by atoms with van der Waals surface area (Å²) in [5.74, 6) is 0.293. The van der Waals surface area contributed by atoms with Gasteiger partial charge in [-0.1, -0.05) is 0 Å². The Morgan fingerprint density at radius 3 is 3.07 bits per heavy atom. The summed E-state index contributed by atoms with van der Waals surface area (Å²) >= 11 is 1.56. The van der Waals surface area contributed by atoms with Crippen molar-refractivity contribution >= 4 is 33.4 Å². The minimum atomic E-state index is 0.0180. The largest absolute Gasteiger partial charge is 0.383 e. The monoisotopic (exact) mass is 387 g/mol. The maximum atomic E-state index is 13.1. The van der Waals surface area contributed by atoms with Crippen molar-refractivity contribution < 1.29 is 14.3 Å². The van der Waals surface area contributed by atoms with Crippen molar-refractivity contribution in [2.75, 3.05) is 39.9 Å². The van der Waals surface area contributed by atoms with Crippen LogP contribution in [-0.2, 0) is 9.53 Å². The number of benzene rings is 1. The van der Waals surface area contributed by atoms with Crippen molar-refractivity contribution in [2.45, 2.75) is 25.7 Å². The predicted octanol–water partition coefficient (Wildman–Crippen LogP) is 2.79. The van der Waals surface area contributed by atoms with Gasteiger partial charge in [-0.25, -0.2) is 4.98 Å². The van der Waals surface area contributed by atoms with Gasteiger partial charge < -0.3 is 14.5 Å². The van der Waals surface area contributed by atoms with Gasteiger partial charge in [0.1, 0.15) is 0 Å². The Balaban J connectivity index is 1.49. The molecule has 7 heteroatoms. The molecule has 1 atom stereocenters. The molecule has 6 nitrogen and oxygen atoms in total. The number of piperidine rings is 2. The highest BCUT2D eigenvalue weighted by Gasteiger charge is 2.42. The Morgan fingerprint density at radius 2 is 2.22 bits per heavy atom. The predicted molar refractivity (Wildman–Crippen MR) is 105 cm³/mol. The zero-order chi connectivity index (χ0) is 18.9. The van der Waals surface area contributed by atoms with Crippen LogP contribution in [0.1, 0.15) is 36.0 Å². The molecule has 1 aromatic carbocycles. The van der Waals surface area contributed by atoms with Crippen molar-refractivity contribution in [1.82, 2.24) is 14.8 Å². The first-order chi connectivity index (χ1) is 13.1. The van der Waals surface area contributed by atoms with E-state index in [9.17, 15) is 9.59 Å². The van der Waals surface area contributed by atoms with Gasteiger partial charge >= 0.3 is 0 Å². The van der Waals surface area contributed by atoms with E-state index in [0.717, 1.165) is 54.7 Å². The highest BCUT2D eigenvalue weighted by Crippen LogP contribution is 2.39. The highest BCUT2D eigenvalue weighted by molar-refractivity contribution is 7.16. The molecular weight excluding hydrogens is 362 g/mol. The van der Waals surface area contributed by atoms with E-state index in [4.69, 9.17) is 4.74 Å². The van der Waals surface area contributed by atoms with Gasteiger partial charge in [0.05, 0.1) is 22.3 Å². The SMILES string of the molecule is COCCN1C[C@]2(CCCN(C(=O)c3ccc4ncsc4c3)C2)CCC1=O. The van der Waals surface area contributed by atoms with Gasteiger partial charge in [0, 0.05) is 50.7 Å². The normalized spacial score (nSPS) is 23.4. The average molecular weight is 388 g/mol. The number of thiazole rings is 1. The van der Waals surface area contributed by atoms with Gasteiger partial charge in [-0.15, -0.1) is 11.3 Å². The number of nitrogens with zero attached hydrogens (tertiary/aromatic N) is 3. The summed E-state index contributed by atoms with van der Waals surface area (Å²) in [6, 6.07) is 5.75. The number of likely N-dealkylation sites (tertiary alicyclic amines) is 2. The molecule has 0 unspecified atom stereocenters. The molecule has 2 amide bonds. The lowest BCUT2D eigenvalue weighted by molar-refractivity contribution is -0.139. The quantitative estimate of drug-likeness (QED) is 0.809. The van der Waals surface area contributed by atoms with E-state index in [1.54, 1.807) is 18.4 Å². The molecule has 0 bridgehead atoms. The maximum Gasteiger partial charge on any atom is 0.253 e. The zero-order valence-corrected chi connectivity index (χ0v) is 16.5. The van der Waals surface area contributed by atoms with E-state index in [2.05, 4.69) is 4.98 Å². The Hall–Kier alpha value is -1.99. The van der Waals surface area contributed by atoms with Crippen molar-refractivity contribution in [3.05, 3.63) is 29.3 Å². The van der Waals surface area contributed by atoms with Crippen LogP contribution in [0.4, 0.5) is 0 Å². The molecule has 0 saturated carbocycles. The number of ether oxygens (including phenoxy) is 1. The molecule has 27 heavy (non-hydrogen) atoms. The summed E-state index contributed by atoms with van der Waals surface area (Å²) in [6.45, 7) is 3.43. The van der Waals surface area contributed by atoms with Crippen LogP contribution in [0.15, 0.2) is 23.7 Å². The topological polar surface area (TPSA) is 62.7 Å². The molecule has 2 fully saturated rings. The summed E-state index contributed by atoms with van der Waals surface area (Å²) in [7, 11) is 1.66. The number of aromatic nitrogens is 1. The van der Waals surface area contributed by atoms with E-state index in [-0.39, 0.29) is 17.2 Å². The van der Waals surface area contributed by atoms with Gasteiger partial charge in [-0.2, -0.15) is 0 Å². The van der Waals surface area contributed by atoms with Crippen LogP contribution in [0, 0.1) is 5.41 Å². The fourth-order valence-electron chi connectivity index (χ4n) is 4.39. The van der Waals surface area contributed by atoms with Crippen molar-refractivity contribution in [3.8, 4) is 0 Å². The first-order valence-electron chi connectivity index (χ1n) is 9.49. The Kier molecular flexibility index (Phi) is 5.14. The minimum absolute atomic E-state index is 0.0180. The first-order valence-corrected chi connectivity index (χ1v) is 10.4. The molecule has 2 aliphatic rings. The van der Waals surface area contributed by atoms with E-state index < -0.39 is 0 Å². The number of amides is 2. The maximum absolute atomic E-state index is 13.1. The van der Waals surface area contributed by atoms with Crippen LogP contribution in [-0.4, -0.2) is 66.5 Å². The summed E-state index contributed by atoms with van der Waals surface area (Å²) in [5, 5.41) is 0. The summed E-state index contributed by atoms with van der Waals surface area (Å²) in [5.41, 5.74) is 3.49. The van der Waals surface area contributed by atoms with Crippen LogP contribution in [0.2, 0.25) is 0 Å². The number of rotatable bonds is 4. The number of methoxy groups -OCH3 is 1. The summed E-state index contributed by atoms with van der Waals surface area (Å²) < 4.78 is 6.19. The van der Waals surface area contributed by atoms with Gasteiger partial charge in [-0.3, -0.25) is 9.59 Å². The Labute approximate surface area is 163 Å². The summed E-state index contributed by atoms with van der Waals surface area (Å²) in [4.78, 5) is 33.6. The molecule has 0 aliphatic carbocycles. The molecule has 3 heterocycles. The molecule has 2 aromatic rings. The fraction of sp³-hybridized carbons (Fsp3) is 0.550. The lowest BCUT2D eigenvalue weighted by Crippen LogP contribution is -2.55. The summed E-state index contributed by atoms with van der Waals surface area (Å²) in [6.07, 6.45) is 3.49. The number of fused-ring (bicyclic) bond motifs is 1. The van der Waals surface area contributed by atoms with E-state index in [1.807, 2.05) is 33.5 Å². The standard InChI is InChI=1S/C20H25N3O3S/c1-26-10-9-22-12-20(7-5-18(22)24)6-2-8-23(13-20)19(25)15-3-4-16-17(11-15)27-14-21-16/h3-4,11,14H,2,5-10,12-13H2,1H3/t20-/m0/s1. The minimum Gasteiger partial charge on any atom is -0.383 e. The average Bonchev–Trinajstić information content (AvgIpc) is 3.16. The Bertz CT molecular complexity index is 852. The lowest BCUT2D eigenvalue weighted by atomic mass is 9.73. The third-order valence-corrected chi connectivity index (χ3v) is 6.63. The molecule has 0 radical (unpaired) electrons. The van der Waals surface area contributed by atoms with Crippen molar-refractivity contribution in [3.63, 3.8) is 0 Å². The van der Waals surface area contributed by atoms with Gasteiger partial charge in [0.25, 0.3) is 5.91 Å². The van der Waals surface area contributed by atoms with Crippen LogP contribution in [0.5, 0.6) is 0 Å².